The number of rotatable bonds is 1. The van der Waals surface area contributed by atoms with Crippen molar-refractivity contribution in [3.63, 3.8) is 0 Å². The normalized spacial score (nSPS) is 7.50. The highest BCUT2D eigenvalue weighted by Gasteiger charge is 1.85. The fourth-order valence-corrected chi connectivity index (χ4v) is 0.881. The van der Waals surface area contributed by atoms with Crippen LogP contribution >= 0.6 is 15.9 Å². The summed E-state index contributed by atoms with van der Waals surface area (Å²) in [4.78, 5) is 0. The Hall–Kier alpha value is -1.01. The van der Waals surface area contributed by atoms with Gasteiger partial charge in [0.05, 0.1) is 6.07 Å². The number of nitrogens with one attached hydrogen (secondary N) is 1. The lowest BCUT2D eigenvalue weighted by Crippen LogP contribution is -1.85. The van der Waals surface area contributed by atoms with Crippen LogP contribution in [0.25, 0.3) is 0 Å². The van der Waals surface area contributed by atoms with Crippen molar-refractivity contribution in [3.05, 3.63) is 28.7 Å². The van der Waals surface area contributed by atoms with Crippen molar-refractivity contribution in [3.8, 4) is 6.07 Å². The molecule has 64 valence electrons. The average molecular weight is 227 g/mol. The first-order valence-electron chi connectivity index (χ1n) is 3.48. The average Bonchev–Trinajstić information content (AvgIpc) is 2.07. The Morgan fingerprint density at radius 3 is 2.08 bits per heavy atom. The third-order valence-electron chi connectivity index (χ3n) is 1.13. The van der Waals surface area contributed by atoms with Gasteiger partial charge in [0.1, 0.15) is 0 Å². The van der Waals surface area contributed by atoms with Gasteiger partial charge >= 0.3 is 0 Å². The first kappa shape index (κ1) is 11.0. The van der Waals surface area contributed by atoms with Crippen molar-refractivity contribution < 1.29 is 0 Å². The number of nitriles is 1. The first-order chi connectivity index (χ1) is 5.74. The third kappa shape index (κ3) is 4.75. The van der Waals surface area contributed by atoms with E-state index in [1.54, 1.807) is 6.07 Å². The minimum atomic E-state index is 1.11. The zero-order chi connectivity index (χ0) is 9.40. The van der Waals surface area contributed by atoms with Crippen LogP contribution in [0.5, 0.6) is 0 Å². The van der Waals surface area contributed by atoms with Gasteiger partial charge in [-0.2, -0.15) is 5.26 Å². The Labute approximate surface area is 81.3 Å². The zero-order valence-corrected chi connectivity index (χ0v) is 8.72. The molecule has 0 heterocycles. The number of benzene rings is 1. The van der Waals surface area contributed by atoms with E-state index in [1.165, 1.54) is 6.92 Å². The van der Waals surface area contributed by atoms with E-state index >= 15 is 0 Å². The summed E-state index contributed by atoms with van der Waals surface area (Å²) < 4.78 is 1.11. The van der Waals surface area contributed by atoms with Gasteiger partial charge in [0, 0.05) is 24.1 Å². The summed E-state index contributed by atoms with van der Waals surface area (Å²) in [7, 11) is 1.91. The maximum atomic E-state index is 7.32. The number of nitrogens with zero attached hydrogens (tertiary/aromatic N) is 1. The lowest BCUT2D eigenvalue weighted by Gasteiger charge is -1.96. The van der Waals surface area contributed by atoms with Crippen molar-refractivity contribution in [2.75, 3.05) is 12.4 Å². The predicted octanol–water partition coefficient (Wildman–Crippen LogP) is 3.02. The second-order valence-corrected chi connectivity index (χ2v) is 2.90. The molecule has 0 aliphatic rings. The zero-order valence-electron chi connectivity index (χ0n) is 7.13. The van der Waals surface area contributed by atoms with Crippen LogP contribution in [0.3, 0.4) is 0 Å². The Morgan fingerprint density at radius 2 is 1.75 bits per heavy atom. The van der Waals surface area contributed by atoms with Crippen LogP contribution in [0.15, 0.2) is 28.7 Å². The molecule has 0 atom stereocenters. The molecule has 1 rings (SSSR count). The second kappa shape index (κ2) is 6.68. The van der Waals surface area contributed by atoms with Crippen molar-refractivity contribution in [1.29, 1.82) is 5.26 Å². The van der Waals surface area contributed by atoms with Gasteiger partial charge in [0.15, 0.2) is 0 Å². The molecule has 0 aliphatic carbocycles. The second-order valence-electron chi connectivity index (χ2n) is 1.98. The molecule has 1 N–H and O–H groups in total. The maximum absolute atomic E-state index is 7.32. The molecule has 0 saturated carbocycles. The lowest BCUT2D eigenvalue weighted by atomic mass is 10.3. The summed E-state index contributed by atoms with van der Waals surface area (Å²) in [6, 6.07) is 9.80. The highest BCUT2D eigenvalue weighted by atomic mass is 79.9. The summed E-state index contributed by atoms with van der Waals surface area (Å²) in [6.45, 7) is 1.43. The van der Waals surface area contributed by atoms with Gasteiger partial charge < -0.3 is 5.32 Å². The molecular formula is C9H11BrN2. The highest BCUT2D eigenvalue weighted by Crippen LogP contribution is 2.12. The molecule has 0 aliphatic heterocycles. The van der Waals surface area contributed by atoms with Crippen LogP contribution in [0.1, 0.15) is 6.92 Å². The molecular weight excluding hydrogens is 216 g/mol. The number of anilines is 1. The van der Waals surface area contributed by atoms with Crippen LogP contribution in [-0.2, 0) is 0 Å². The first-order valence-corrected chi connectivity index (χ1v) is 4.28. The van der Waals surface area contributed by atoms with E-state index in [0.29, 0.717) is 0 Å². The Morgan fingerprint density at radius 1 is 1.33 bits per heavy atom. The molecule has 0 fully saturated rings. The van der Waals surface area contributed by atoms with Crippen LogP contribution in [0.4, 0.5) is 5.69 Å². The SMILES string of the molecule is CC#N.CNc1ccc(Br)cc1. The van der Waals surface area contributed by atoms with Gasteiger partial charge in [-0.15, -0.1) is 0 Å². The number of hydrogen-bond acceptors (Lipinski definition) is 2. The van der Waals surface area contributed by atoms with Crippen molar-refractivity contribution >= 4 is 21.6 Å². The summed E-state index contributed by atoms with van der Waals surface area (Å²) >= 11 is 3.35. The molecule has 0 amide bonds. The topological polar surface area (TPSA) is 35.8 Å². The van der Waals surface area contributed by atoms with Gasteiger partial charge in [-0.1, -0.05) is 15.9 Å². The minimum Gasteiger partial charge on any atom is -0.388 e. The van der Waals surface area contributed by atoms with Crippen molar-refractivity contribution in [2.45, 2.75) is 6.92 Å². The van der Waals surface area contributed by atoms with Gasteiger partial charge in [0.2, 0.25) is 0 Å². The fourth-order valence-electron chi connectivity index (χ4n) is 0.617. The van der Waals surface area contributed by atoms with Gasteiger partial charge in [-0.25, -0.2) is 0 Å². The molecule has 1 aromatic carbocycles. The van der Waals surface area contributed by atoms with Crippen LogP contribution in [0, 0.1) is 11.3 Å². The van der Waals surface area contributed by atoms with E-state index in [-0.39, 0.29) is 0 Å². The smallest absolute Gasteiger partial charge is 0.0587 e. The molecule has 1 aromatic rings. The van der Waals surface area contributed by atoms with E-state index in [4.69, 9.17) is 5.26 Å². The molecule has 12 heavy (non-hydrogen) atoms. The van der Waals surface area contributed by atoms with E-state index in [1.807, 2.05) is 31.3 Å². The monoisotopic (exact) mass is 226 g/mol. The van der Waals surface area contributed by atoms with Crippen LogP contribution in [0.2, 0.25) is 0 Å². The van der Waals surface area contributed by atoms with Gasteiger partial charge in [-0.3, -0.25) is 0 Å². The molecule has 2 nitrogen and oxygen atoms in total. The Balaban J connectivity index is 0.000000354. The summed E-state index contributed by atoms with van der Waals surface area (Å²) in [5.41, 5.74) is 1.14. The maximum Gasteiger partial charge on any atom is 0.0587 e. The number of hydrogen-bond donors (Lipinski definition) is 1. The quantitative estimate of drug-likeness (QED) is 0.800. The standard InChI is InChI=1S/C7H8BrN.C2H3N/c1-9-7-4-2-6(8)3-5-7;1-2-3/h2-5,9H,1H3;1H3. The van der Waals surface area contributed by atoms with E-state index in [9.17, 15) is 0 Å². The molecule has 0 spiro atoms. The largest absolute Gasteiger partial charge is 0.388 e. The minimum absolute atomic E-state index is 1.11. The molecule has 3 heteroatoms. The Bertz CT molecular complexity index is 248. The van der Waals surface area contributed by atoms with Crippen molar-refractivity contribution in [2.24, 2.45) is 0 Å². The lowest BCUT2D eigenvalue weighted by molar-refractivity contribution is 1.49. The highest BCUT2D eigenvalue weighted by molar-refractivity contribution is 9.10. The summed E-state index contributed by atoms with van der Waals surface area (Å²) in [5, 5.41) is 10.4. The third-order valence-corrected chi connectivity index (χ3v) is 1.66. The summed E-state index contributed by atoms with van der Waals surface area (Å²) in [5.74, 6) is 0. The van der Waals surface area contributed by atoms with Gasteiger partial charge in [0.25, 0.3) is 0 Å². The van der Waals surface area contributed by atoms with E-state index < -0.39 is 0 Å². The predicted molar refractivity (Wildman–Crippen MR) is 55.0 cm³/mol. The van der Waals surface area contributed by atoms with Crippen LogP contribution in [-0.4, -0.2) is 7.05 Å². The van der Waals surface area contributed by atoms with Crippen molar-refractivity contribution in [1.82, 2.24) is 0 Å². The van der Waals surface area contributed by atoms with E-state index in [0.717, 1.165) is 10.2 Å². The molecule has 0 bridgehead atoms. The fraction of sp³-hybridized carbons (Fsp3) is 0.222. The van der Waals surface area contributed by atoms with Crippen LogP contribution < -0.4 is 5.32 Å². The number of halogens is 1. The Kier molecular flexibility index (Phi) is 6.12. The molecule has 0 aromatic heterocycles. The molecule has 0 saturated heterocycles. The molecule has 0 unspecified atom stereocenters. The van der Waals surface area contributed by atoms with Gasteiger partial charge in [-0.05, 0) is 24.3 Å². The van der Waals surface area contributed by atoms with E-state index in [2.05, 4.69) is 21.2 Å². The summed E-state index contributed by atoms with van der Waals surface area (Å²) in [6.07, 6.45) is 0. The molecule has 0 radical (unpaired) electrons.